The van der Waals surface area contributed by atoms with E-state index < -0.39 is 6.95 Å². The quantitative estimate of drug-likeness (QED) is 0.682. The molecule has 1 atom stereocenters. The van der Waals surface area contributed by atoms with Crippen LogP contribution in [0, 0.1) is 0 Å². The van der Waals surface area contributed by atoms with E-state index in [4.69, 9.17) is 20.3 Å². The van der Waals surface area contributed by atoms with E-state index in [-0.39, 0.29) is 6.61 Å². The predicted octanol–water partition coefficient (Wildman–Crippen LogP) is 5.27. The predicted molar refractivity (Wildman–Crippen MR) is 81.9 cm³/mol. The number of rotatable bonds is 6. The summed E-state index contributed by atoms with van der Waals surface area (Å²) in [6.07, 6.45) is 1.75. The van der Waals surface area contributed by atoms with E-state index in [2.05, 4.69) is 6.58 Å². The maximum absolute atomic E-state index is 12.0. The van der Waals surface area contributed by atoms with Crippen LogP contribution in [0.5, 0.6) is 5.75 Å². The van der Waals surface area contributed by atoms with Crippen LogP contribution in [0.25, 0.3) is 6.08 Å². The maximum Gasteiger partial charge on any atom is 0.477 e. The van der Waals surface area contributed by atoms with Gasteiger partial charge in [0.1, 0.15) is 5.75 Å². The van der Waals surface area contributed by atoms with Crippen molar-refractivity contribution in [2.45, 2.75) is 6.61 Å². The number of hydrogen-bond acceptors (Lipinski definition) is 3. The van der Waals surface area contributed by atoms with Crippen LogP contribution in [0.4, 0.5) is 0 Å². The van der Waals surface area contributed by atoms with E-state index in [0.29, 0.717) is 5.75 Å². The van der Waals surface area contributed by atoms with Crippen LogP contribution < -0.4 is 4.52 Å². The first-order valence-electron chi connectivity index (χ1n) is 5.99. The Hall–Kier alpha value is -1.54. The topological polar surface area (TPSA) is 35.5 Å². The van der Waals surface area contributed by atoms with E-state index in [9.17, 15) is 4.57 Å². The molecular weight excluding hydrogens is 295 g/mol. The molecule has 0 radical (unpaired) electrons. The van der Waals surface area contributed by atoms with Crippen LogP contribution in [-0.2, 0) is 15.7 Å². The fraction of sp³-hybridized carbons (Fsp3) is 0.0667. The highest BCUT2D eigenvalue weighted by Crippen LogP contribution is 2.53. The summed E-state index contributed by atoms with van der Waals surface area (Å²) < 4.78 is 22.3. The van der Waals surface area contributed by atoms with Gasteiger partial charge in [-0.05, 0) is 23.3 Å². The molecule has 0 saturated heterocycles. The van der Waals surface area contributed by atoms with Gasteiger partial charge in [-0.1, -0.05) is 55.1 Å². The Morgan fingerprint density at radius 3 is 2.35 bits per heavy atom. The summed E-state index contributed by atoms with van der Waals surface area (Å²) in [5.41, 5.74) is 1.86. The van der Waals surface area contributed by atoms with Crippen LogP contribution in [0.1, 0.15) is 11.1 Å². The largest absolute Gasteiger partial charge is 0.477 e. The van der Waals surface area contributed by atoms with Gasteiger partial charge in [0.15, 0.2) is 0 Å². The van der Waals surface area contributed by atoms with Crippen molar-refractivity contribution in [3.8, 4) is 5.75 Å². The average Bonchev–Trinajstić information content (AvgIpc) is 2.46. The second kappa shape index (κ2) is 6.76. The maximum atomic E-state index is 12.0. The number of para-hydroxylation sites is 1. The van der Waals surface area contributed by atoms with Crippen LogP contribution >= 0.6 is 18.2 Å². The van der Waals surface area contributed by atoms with Crippen molar-refractivity contribution in [1.29, 1.82) is 0 Å². The van der Waals surface area contributed by atoms with Crippen molar-refractivity contribution in [2.75, 3.05) is 0 Å². The van der Waals surface area contributed by atoms with Crippen molar-refractivity contribution in [3.63, 3.8) is 0 Å². The normalized spacial score (nSPS) is 13.4. The molecule has 0 aliphatic rings. The molecule has 2 aromatic rings. The zero-order valence-electron chi connectivity index (χ0n) is 10.7. The molecule has 5 heteroatoms. The first-order valence-corrected chi connectivity index (χ1v) is 8.44. The molecule has 0 aliphatic heterocycles. The molecule has 0 heterocycles. The summed E-state index contributed by atoms with van der Waals surface area (Å²) in [4.78, 5) is 0. The molecule has 0 amide bonds. The molecule has 2 rings (SSSR count). The first kappa shape index (κ1) is 14.9. The van der Waals surface area contributed by atoms with Crippen LogP contribution in [0.2, 0.25) is 0 Å². The van der Waals surface area contributed by atoms with E-state index >= 15 is 0 Å². The highest BCUT2D eigenvalue weighted by molar-refractivity contribution is 7.81. The van der Waals surface area contributed by atoms with Gasteiger partial charge in [-0.15, -0.1) is 0 Å². The molecule has 3 nitrogen and oxygen atoms in total. The van der Waals surface area contributed by atoms with Crippen molar-refractivity contribution >= 4 is 24.3 Å². The Bertz CT molecular complexity index is 611. The molecule has 104 valence electrons. The zero-order valence-corrected chi connectivity index (χ0v) is 12.4. The van der Waals surface area contributed by atoms with Gasteiger partial charge in [0.25, 0.3) is 0 Å². The molecule has 20 heavy (non-hydrogen) atoms. The highest BCUT2D eigenvalue weighted by Gasteiger charge is 2.22. The monoisotopic (exact) mass is 308 g/mol. The van der Waals surface area contributed by atoms with Gasteiger partial charge in [0, 0.05) is 11.2 Å². The number of hydrogen-bond donors (Lipinski definition) is 0. The SMILES string of the molecule is C=Cc1ccc(COP(=O)(Cl)Oc2ccccc2)cc1. The molecule has 1 unspecified atom stereocenters. The minimum Gasteiger partial charge on any atom is -0.413 e. The third kappa shape index (κ3) is 4.53. The standard InChI is InChI=1S/C15H14ClO3P/c1-2-13-8-10-14(11-9-13)12-18-20(16,17)19-15-6-4-3-5-7-15/h2-11H,1,12H2. The average molecular weight is 309 g/mol. The van der Waals surface area contributed by atoms with Gasteiger partial charge in [0.2, 0.25) is 0 Å². The molecule has 0 N–H and O–H groups in total. The van der Waals surface area contributed by atoms with E-state index in [1.807, 2.05) is 30.3 Å². The van der Waals surface area contributed by atoms with Gasteiger partial charge >= 0.3 is 6.95 Å². The fourth-order valence-corrected chi connectivity index (χ4v) is 2.65. The molecule has 2 aromatic carbocycles. The molecule has 0 fully saturated rings. The third-order valence-electron chi connectivity index (χ3n) is 2.56. The Morgan fingerprint density at radius 1 is 1.10 bits per heavy atom. The Morgan fingerprint density at radius 2 is 1.75 bits per heavy atom. The van der Waals surface area contributed by atoms with E-state index in [1.165, 1.54) is 0 Å². The van der Waals surface area contributed by atoms with Crippen LogP contribution in [0.3, 0.4) is 0 Å². The molecule has 0 aromatic heterocycles. The van der Waals surface area contributed by atoms with Gasteiger partial charge < -0.3 is 4.52 Å². The molecule has 0 saturated carbocycles. The summed E-state index contributed by atoms with van der Waals surface area (Å²) in [5.74, 6) is 0.410. The van der Waals surface area contributed by atoms with Crippen molar-refractivity contribution in [3.05, 3.63) is 72.3 Å². The van der Waals surface area contributed by atoms with Crippen molar-refractivity contribution in [2.24, 2.45) is 0 Å². The lowest BCUT2D eigenvalue weighted by Gasteiger charge is -2.12. The summed E-state index contributed by atoms with van der Waals surface area (Å²) in [7, 11) is 0. The molecule has 0 aliphatic carbocycles. The van der Waals surface area contributed by atoms with E-state index in [1.54, 1.807) is 30.3 Å². The number of benzene rings is 2. The minimum absolute atomic E-state index is 0.116. The second-order valence-electron chi connectivity index (χ2n) is 4.05. The lowest BCUT2D eigenvalue weighted by atomic mass is 10.1. The lowest BCUT2D eigenvalue weighted by Crippen LogP contribution is -1.94. The third-order valence-corrected chi connectivity index (χ3v) is 3.92. The summed E-state index contributed by atoms with van der Waals surface area (Å²) in [5, 5.41) is 0. The second-order valence-corrected chi connectivity index (χ2v) is 6.60. The van der Waals surface area contributed by atoms with Gasteiger partial charge in [-0.3, -0.25) is 4.52 Å². The Kier molecular flexibility index (Phi) is 5.02. The molecule has 0 spiro atoms. The zero-order chi connectivity index (χ0) is 14.4. The summed E-state index contributed by atoms with van der Waals surface area (Å²) in [6.45, 7) is 0.145. The highest BCUT2D eigenvalue weighted by atomic mass is 35.7. The molecule has 0 bridgehead atoms. The van der Waals surface area contributed by atoms with Crippen LogP contribution in [-0.4, -0.2) is 0 Å². The van der Waals surface area contributed by atoms with Crippen molar-refractivity contribution in [1.82, 2.24) is 0 Å². The van der Waals surface area contributed by atoms with Crippen LogP contribution in [0.15, 0.2) is 61.2 Å². The lowest BCUT2D eigenvalue weighted by molar-refractivity contribution is 0.269. The fourth-order valence-electron chi connectivity index (χ4n) is 1.54. The summed E-state index contributed by atoms with van der Waals surface area (Å²) >= 11 is 5.77. The van der Waals surface area contributed by atoms with Crippen molar-refractivity contribution < 1.29 is 13.6 Å². The van der Waals surface area contributed by atoms with Gasteiger partial charge in [-0.25, -0.2) is 4.57 Å². The summed E-state index contributed by atoms with van der Waals surface area (Å²) in [6, 6.07) is 16.2. The number of halogens is 1. The van der Waals surface area contributed by atoms with E-state index in [0.717, 1.165) is 11.1 Å². The Balaban J connectivity index is 1.94. The minimum atomic E-state index is -3.65. The van der Waals surface area contributed by atoms with Gasteiger partial charge in [-0.2, -0.15) is 0 Å². The Labute approximate surface area is 123 Å². The molecular formula is C15H14ClO3P. The smallest absolute Gasteiger partial charge is 0.413 e. The van der Waals surface area contributed by atoms with Gasteiger partial charge in [0.05, 0.1) is 6.61 Å². The first-order chi connectivity index (χ1) is 9.59.